The van der Waals surface area contributed by atoms with Gasteiger partial charge in [0.1, 0.15) is 0 Å². The SMILES string of the molecule is CN(c1ccc(CN)c2ccccc12)C1CCC1. The van der Waals surface area contributed by atoms with E-state index in [0.717, 1.165) is 6.04 Å². The fourth-order valence-corrected chi connectivity index (χ4v) is 2.80. The Morgan fingerprint density at radius 3 is 2.44 bits per heavy atom. The van der Waals surface area contributed by atoms with Crippen LogP contribution in [0.4, 0.5) is 5.69 Å². The van der Waals surface area contributed by atoms with Crippen molar-refractivity contribution in [3.8, 4) is 0 Å². The second-order valence-corrected chi connectivity index (χ2v) is 5.19. The van der Waals surface area contributed by atoms with Crippen molar-refractivity contribution in [2.45, 2.75) is 31.8 Å². The van der Waals surface area contributed by atoms with Gasteiger partial charge in [0.2, 0.25) is 0 Å². The minimum absolute atomic E-state index is 0.605. The molecule has 0 atom stereocenters. The average Bonchev–Trinajstić information content (AvgIpc) is 2.35. The van der Waals surface area contributed by atoms with Gasteiger partial charge in [-0.15, -0.1) is 0 Å². The minimum Gasteiger partial charge on any atom is -0.371 e. The molecule has 2 N–H and O–H groups in total. The van der Waals surface area contributed by atoms with Gasteiger partial charge >= 0.3 is 0 Å². The van der Waals surface area contributed by atoms with E-state index in [4.69, 9.17) is 5.73 Å². The third kappa shape index (κ3) is 1.77. The number of hydrogen-bond acceptors (Lipinski definition) is 2. The molecule has 0 aromatic heterocycles. The summed E-state index contributed by atoms with van der Waals surface area (Å²) in [5.41, 5.74) is 8.40. The lowest BCUT2D eigenvalue weighted by Crippen LogP contribution is -2.37. The molecule has 1 saturated carbocycles. The van der Waals surface area contributed by atoms with Crippen LogP contribution in [0.25, 0.3) is 10.8 Å². The Balaban J connectivity index is 2.12. The van der Waals surface area contributed by atoms with Crippen LogP contribution in [0.3, 0.4) is 0 Å². The summed E-state index contributed by atoms with van der Waals surface area (Å²) < 4.78 is 0. The van der Waals surface area contributed by atoms with Crippen LogP contribution in [-0.2, 0) is 6.54 Å². The van der Waals surface area contributed by atoms with Crippen molar-refractivity contribution in [3.63, 3.8) is 0 Å². The normalized spacial score (nSPS) is 15.7. The van der Waals surface area contributed by atoms with E-state index < -0.39 is 0 Å². The van der Waals surface area contributed by atoms with Gasteiger partial charge < -0.3 is 10.6 Å². The molecule has 2 heteroatoms. The molecule has 1 aliphatic carbocycles. The van der Waals surface area contributed by atoms with Gasteiger partial charge in [0.25, 0.3) is 0 Å². The number of fused-ring (bicyclic) bond motifs is 1. The van der Waals surface area contributed by atoms with E-state index in [0.29, 0.717) is 6.54 Å². The first kappa shape index (κ1) is 11.5. The lowest BCUT2D eigenvalue weighted by molar-refractivity contribution is 0.402. The molecule has 18 heavy (non-hydrogen) atoms. The van der Waals surface area contributed by atoms with Crippen molar-refractivity contribution in [3.05, 3.63) is 42.0 Å². The average molecular weight is 240 g/mol. The van der Waals surface area contributed by atoms with Crippen LogP contribution in [0.1, 0.15) is 24.8 Å². The maximum Gasteiger partial charge on any atom is 0.0446 e. The lowest BCUT2D eigenvalue weighted by atomic mass is 9.90. The highest BCUT2D eigenvalue weighted by Gasteiger charge is 2.23. The molecule has 1 aliphatic rings. The van der Waals surface area contributed by atoms with Gasteiger partial charge in [0, 0.05) is 30.7 Å². The molecule has 2 nitrogen and oxygen atoms in total. The molecule has 0 saturated heterocycles. The van der Waals surface area contributed by atoms with Crippen molar-refractivity contribution in [2.75, 3.05) is 11.9 Å². The zero-order chi connectivity index (χ0) is 12.5. The maximum atomic E-state index is 5.83. The zero-order valence-corrected chi connectivity index (χ0v) is 10.9. The van der Waals surface area contributed by atoms with Gasteiger partial charge in [-0.05, 0) is 36.3 Å². The van der Waals surface area contributed by atoms with E-state index in [1.165, 1.54) is 41.3 Å². The van der Waals surface area contributed by atoms with E-state index in [-0.39, 0.29) is 0 Å². The lowest BCUT2D eigenvalue weighted by Gasteiger charge is -2.37. The fourth-order valence-electron chi connectivity index (χ4n) is 2.80. The Hall–Kier alpha value is -1.54. The van der Waals surface area contributed by atoms with Crippen LogP contribution >= 0.6 is 0 Å². The van der Waals surface area contributed by atoms with Crippen molar-refractivity contribution < 1.29 is 0 Å². The summed E-state index contributed by atoms with van der Waals surface area (Å²) in [4.78, 5) is 2.44. The van der Waals surface area contributed by atoms with Crippen LogP contribution in [0, 0.1) is 0 Å². The summed E-state index contributed by atoms with van der Waals surface area (Å²) in [5, 5.41) is 2.62. The van der Waals surface area contributed by atoms with Gasteiger partial charge in [-0.3, -0.25) is 0 Å². The van der Waals surface area contributed by atoms with Crippen LogP contribution in [-0.4, -0.2) is 13.1 Å². The summed E-state index contributed by atoms with van der Waals surface area (Å²) in [6, 6.07) is 13.7. The Kier molecular flexibility index (Phi) is 2.96. The molecule has 1 fully saturated rings. The molecular weight excluding hydrogens is 220 g/mol. The van der Waals surface area contributed by atoms with E-state index in [1.54, 1.807) is 0 Å². The Labute approximate surface area is 108 Å². The quantitative estimate of drug-likeness (QED) is 0.892. The van der Waals surface area contributed by atoms with Gasteiger partial charge in [-0.1, -0.05) is 30.3 Å². The first-order valence-corrected chi connectivity index (χ1v) is 6.75. The molecule has 0 aliphatic heterocycles. The maximum absolute atomic E-state index is 5.83. The van der Waals surface area contributed by atoms with Gasteiger partial charge in [-0.25, -0.2) is 0 Å². The molecule has 0 bridgehead atoms. The highest BCUT2D eigenvalue weighted by atomic mass is 15.1. The number of nitrogens with zero attached hydrogens (tertiary/aromatic N) is 1. The Morgan fingerprint density at radius 2 is 1.83 bits per heavy atom. The standard InChI is InChI=1S/C16H20N2/c1-18(13-5-4-6-13)16-10-9-12(11-17)14-7-2-3-8-15(14)16/h2-3,7-10,13H,4-6,11,17H2,1H3. The van der Waals surface area contributed by atoms with Gasteiger partial charge in [0.05, 0.1) is 0 Å². The topological polar surface area (TPSA) is 29.3 Å². The van der Waals surface area contributed by atoms with Crippen molar-refractivity contribution in [1.29, 1.82) is 0 Å². The van der Waals surface area contributed by atoms with Crippen LogP contribution in [0.2, 0.25) is 0 Å². The molecule has 0 heterocycles. The monoisotopic (exact) mass is 240 g/mol. The highest BCUT2D eigenvalue weighted by Crippen LogP contribution is 2.34. The highest BCUT2D eigenvalue weighted by molar-refractivity contribution is 5.96. The molecule has 0 amide bonds. The van der Waals surface area contributed by atoms with Crippen molar-refractivity contribution >= 4 is 16.5 Å². The predicted octanol–water partition coefficient (Wildman–Crippen LogP) is 3.29. The molecule has 3 rings (SSSR count). The summed E-state index contributed by atoms with van der Waals surface area (Å²) >= 11 is 0. The molecule has 0 unspecified atom stereocenters. The molecule has 2 aromatic rings. The number of anilines is 1. The van der Waals surface area contributed by atoms with E-state index in [9.17, 15) is 0 Å². The van der Waals surface area contributed by atoms with Crippen LogP contribution < -0.4 is 10.6 Å². The van der Waals surface area contributed by atoms with Crippen LogP contribution in [0.5, 0.6) is 0 Å². The summed E-state index contributed by atoms with van der Waals surface area (Å²) in [5.74, 6) is 0. The number of rotatable bonds is 3. The van der Waals surface area contributed by atoms with E-state index in [1.807, 2.05) is 0 Å². The van der Waals surface area contributed by atoms with Crippen LogP contribution in [0.15, 0.2) is 36.4 Å². The molecule has 0 radical (unpaired) electrons. The summed E-state index contributed by atoms with van der Waals surface area (Å²) in [7, 11) is 2.22. The van der Waals surface area contributed by atoms with E-state index in [2.05, 4.69) is 48.3 Å². The van der Waals surface area contributed by atoms with Gasteiger partial charge in [0.15, 0.2) is 0 Å². The van der Waals surface area contributed by atoms with Gasteiger partial charge in [-0.2, -0.15) is 0 Å². The Bertz CT molecular complexity index is 558. The fraction of sp³-hybridized carbons (Fsp3) is 0.375. The second-order valence-electron chi connectivity index (χ2n) is 5.19. The second kappa shape index (κ2) is 4.62. The first-order chi connectivity index (χ1) is 8.81. The summed E-state index contributed by atoms with van der Waals surface area (Å²) in [6.45, 7) is 0.605. The smallest absolute Gasteiger partial charge is 0.0446 e. The Morgan fingerprint density at radius 1 is 1.11 bits per heavy atom. The zero-order valence-electron chi connectivity index (χ0n) is 10.9. The molecule has 0 spiro atoms. The van der Waals surface area contributed by atoms with Crippen molar-refractivity contribution in [1.82, 2.24) is 0 Å². The van der Waals surface area contributed by atoms with Crippen molar-refractivity contribution in [2.24, 2.45) is 5.73 Å². The predicted molar refractivity (Wildman–Crippen MR) is 77.9 cm³/mol. The number of benzene rings is 2. The molecular formula is C16H20N2. The number of nitrogens with two attached hydrogens (primary N) is 1. The summed E-state index contributed by atoms with van der Waals surface area (Å²) in [6.07, 6.45) is 4.01. The largest absolute Gasteiger partial charge is 0.371 e. The third-order valence-electron chi connectivity index (χ3n) is 4.21. The molecule has 2 aromatic carbocycles. The third-order valence-corrected chi connectivity index (χ3v) is 4.21. The van der Waals surface area contributed by atoms with E-state index >= 15 is 0 Å². The first-order valence-electron chi connectivity index (χ1n) is 6.75. The molecule has 94 valence electrons. The number of hydrogen-bond donors (Lipinski definition) is 1. The minimum atomic E-state index is 0.605.